The second kappa shape index (κ2) is 8.85. The number of aliphatic hydroxyl groups excluding tert-OH is 1. The topological polar surface area (TPSA) is 50.7 Å². The molecule has 19 heavy (non-hydrogen) atoms. The highest BCUT2D eigenvalue weighted by molar-refractivity contribution is 5.29. The Balaban J connectivity index is 2.53. The Kier molecular flexibility index (Phi) is 7.40. The highest BCUT2D eigenvalue weighted by atomic mass is 19.1. The Morgan fingerprint density at radius 3 is 2.79 bits per heavy atom. The number of hydrogen-bond acceptors (Lipinski definition) is 4. The van der Waals surface area contributed by atoms with Crippen molar-refractivity contribution in [2.45, 2.75) is 26.0 Å². The Hall–Kier alpha value is -1.17. The van der Waals surface area contributed by atoms with E-state index in [1.807, 2.05) is 0 Å². The molecule has 0 saturated heterocycles. The van der Waals surface area contributed by atoms with E-state index in [1.165, 1.54) is 19.2 Å². The van der Waals surface area contributed by atoms with Crippen LogP contribution in [0, 0.1) is 5.82 Å². The van der Waals surface area contributed by atoms with E-state index in [9.17, 15) is 9.50 Å². The number of methoxy groups -OCH3 is 1. The van der Waals surface area contributed by atoms with Crippen LogP contribution in [0.5, 0.6) is 5.75 Å². The van der Waals surface area contributed by atoms with E-state index >= 15 is 0 Å². The van der Waals surface area contributed by atoms with Crippen molar-refractivity contribution in [3.8, 4) is 5.75 Å². The van der Waals surface area contributed by atoms with E-state index in [0.29, 0.717) is 12.3 Å². The summed E-state index contributed by atoms with van der Waals surface area (Å²) in [6, 6.07) is 4.55. The standard InChI is InChI=1S/C14H22FNO3/c1-3-4-16-8-11-5-12(15)7-14(6-11)19-10-13(17)9-18-2/h5-7,13,16-17H,3-4,8-10H2,1-2H3. The fraction of sp³-hybridized carbons (Fsp3) is 0.571. The average molecular weight is 271 g/mol. The molecule has 5 heteroatoms. The number of aliphatic hydroxyl groups is 1. The van der Waals surface area contributed by atoms with Crippen molar-refractivity contribution in [2.75, 3.05) is 26.9 Å². The van der Waals surface area contributed by atoms with Gasteiger partial charge in [-0.2, -0.15) is 0 Å². The second-order valence-electron chi connectivity index (χ2n) is 4.39. The lowest BCUT2D eigenvalue weighted by molar-refractivity contribution is 0.0324. The average Bonchev–Trinajstić information content (AvgIpc) is 2.37. The van der Waals surface area contributed by atoms with Crippen LogP contribution in [-0.2, 0) is 11.3 Å². The first-order valence-electron chi connectivity index (χ1n) is 6.45. The molecule has 0 spiro atoms. The van der Waals surface area contributed by atoms with Gasteiger partial charge < -0.3 is 19.9 Å². The van der Waals surface area contributed by atoms with Gasteiger partial charge in [-0.3, -0.25) is 0 Å². The van der Waals surface area contributed by atoms with Crippen LogP contribution >= 0.6 is 0 Å². The maximum Gasteiger partial charge on any atom is 0.127 e. The van der Waals surface area contributed by atoms with Crippen molar-refractivity contribution in [2.24, 2.45) is 0 Å². The number of halogens is 1. The summed E-state index contributed by atoms with van der Waals surface area (Å²) in [6.45, 7) is 3.84. The van der Waals surface area contributed by atoms with Crippen LogP contribution in [-0.4, -0.2) is 38.1 Å². The molecule has 0 amide bonds. The van der Waals surface area contributed by atoms with Crippen LogP contribution in [0.15, 0.2) is 18.2 Å². The molecule has 0 bridgehead atoms. The van der Waals surface area contributed by atoms with Gasteiger partial charge in [-0.1, -0.05) is 6.92 Å². The minimum absolute atomic E-state index is 0.0825. The Labute approximate surface area is 113 Å². The second-order valence-corrected chi connectivity index (χ2v) is 4.39. The molecule has 0 aliphatic carbocycles. The normalized spacial score (nSPS) is 12.4. The van der Waals surface area contributed by atoms with Crippen molar-refractivity contribution in [1.82, 2.24) is 5.32 Å². The van der Waals surface area contributed by atoms with Crippen molar-refractivity contribution >= 4 is 0 Å². The van der Waals surface area contributed by atoms with Gasteiger partial charge in [0.1, 0.15) is 24.3 Å². The lowest BCUT2D eigenvalue weighted by atomic mass is 10.2. The third-order valence-corrected chi connectivity index (χ3v) is 2.49. The summed E-state index contributed by atoms with van der Waals surface area (Å²) in [7, 11) is 1.50. The van der Waals surface area contributed by atoms with Gasteiger partial charge in [-0.15, -0.1) is 0 Å². The van der Waals surface area contributed by atoms with Gasteiger partial charge in [0.25, 0.3) is 0 Å². The van der Waals surface area contributed by atoms with Crippen LogP contribution in [0.4, 0.5) is 4.39 Å². The van der Waals surface area contributed by atoms with Gasteiger partial charge in [0.2, 0.25) is 0 Å². The zero-order chi connectivity index (χ0) is 14.1. The fourth-order valence-corrected chi connectivity index (χ4v) is 1.65. The van der Waals surface area contributed by atoms with Gasteiger partial charge >= 0.3 is 0 Å². The highest BCUT2D eigenvalue weighted by Gasteiger charge is 2.06. The third-order valence-electron chi connectivity index (χ3n) is 2.49. The molecule has 0 aliphatic heterocycles. The number of hydrogen-bond donors (Lipinski definition) is 2. The van der Waals surface area contributed by atoms with Crippen molar-refractivity contribution in [3.05, 3.63) is 29.6 Å². The maximum absolute atomic E-state index is 13.4. The Morgan fingerprint density at radius 2 is 2.11 bits per heavy atom. The molecule has 1 unspecified atom stereocenters. The summed E-state index contributed by atoms with van der Waals surface area (Å²) in [5.74, 6) is 0.0791. The maximum atomic E-state index is 13.4. The summed E-state index contributed by atoms with van der Waals surface area (Å²) < 4.78 is 23.6. The highest BCUT2D eigenvalue weighted by Crippen LogP contribution is 2.16. The molecule has 0 saturated carbocycles. The molecular formula is C14H22FNO3. The molecule has 1 rings (SSSR count). The van der Waals surface area contributed by atoms with E-state index in [2.05, 4.69) is 12.2 Å². The van der Waals surface area contributed by atoms with E-state index in [4.69, 9.17) is 9.47 Å². The molecule has 0 radical (unpaired) electrons. The van der Waals surface area contributed by atoms with Crippen LogP contribution < -0.4 is 10.1 Å². The first-order chi connectivity index (χ1) is 9.15. The Bertz CT molecular complexity index is 374. The molecule has 0 aliphatic rings. The predicted octanol–water partition coefficient (Wildman–Crippen LogP) is 1.71. The smallest absolute Gasteiger partial charge is 0.127 e. The quantitative estimate of drug-likeness (QED) is 0.671. The molecule has 1 aromatic carbocycles. The van der Waals surface area contributed by atoms with Gasteiger partial charge in [-0.25, -0.2) is 4.39 Å². The summed E-state index contributed by atoms with van der Waals surface area (Å²) >= 11 is 0. The molecule has 0 fully saturated rings. The van der Waals surface area contributed by atoms with E-state index in [0.717, 1.165) is 18.5 Å². The van der Waals surface area contributed by atoms with Crippen molar-refractivity contribution in [3.63, 3.8) is 0 Å². The van der Waals surface area contributed by atoms with Crippen LogP contribution in [0.2, 0.25) is 0 Å². The molecule has 1 aromatic rings. The van der Waals surface area contributed by atoms with Gasteiger partial charge in [-0.05, 0) is 30.7 Å². The predicted molar refractivity (Wildman–Crippen MR) is 71.8 cm³/mol. The Morgan fingerprint density at radius 1 is 1.32 bits per heavy atom. The molecule has 108 valence electrons. The monoisotopic (exact) mass is 271 g/mol. The number of benzene rings is 1. The summed E-state index contributed by atoms with van der Waals surface area (Å²) in [5.41, 5.74) is 0.824. The summed E-state index contributed by atoms with van der Waals surface area (Å²) in [5, 5.41) is 12.7. The lowest BCUT2D eigenvalue weighted by Gasteiger charge is -2.12. The van der Waals surface area contributed by atoms with Crippen LogP contribution in [0.1, 0.15) is 18.9 Å². The molecule has 2 N–H and O–H groups in total. The molecule has 4 nitrogen and oxygen atoms in total. The van der Waals surface area contributed by atoms with E-state index < -0.39 is 6.10 Å². The van der Waals surface area contributed by atoms with Crippen LogP contribution in [0.25, 0.3) is 0 Å². The van der Waals surface area contributed by atoms with Gasteiger partial charge in [0.05, 0.1) is 6.61 Å². The van der Waals surface area contributed by atoms with Crippen molar-refractivity contribution in [1.29, 1.82) is 0 Å². The van der Waals surface area contributed by atoms with Gasteiger partial charge in [0.15, 0.2) is 0 Å². The van der Waals surface area contributed by atoms with Gasteiger partial charge in [0, 0.05) is 19.7 Å². The SMILES string of the molecule is CCCNCc1cc(F)cc(OCC(O)COC)c1. The first-order valence-corrected chi connectivity index (χ1v) is 6.45. The van der Waals surface area contributed by atoms with E-state index in [1.54, 1.807) is 6.07 Å². The minimum Gasteiger partial charge on any atom is -0.491 e. The van der Waals surface area contributed by atoms with E-state index in [-0.39, 0.29) is 19.0 Å². The van der Waals surface area contributed by atoms with Crippen LogP contribution in [0.3, 0.4) is 0 Å². The third kappa shape index (κ3) is 6.52. The zero-order valence-electron chi connectivity index (χ0n) is 11.5. The number of nitrogens with one attached hydrogen (secondary N) is 1. The number of ether oxygens (including phenoxy) is 2. The van der Waals surface area contributed by atoms with Crippen molar-refractivity contribution < 1.29 is 19.0 Å². The minimum atomic E-state index is -0.713. The largest absolute Gasteiger partial charge is 0.491 e. The summed E-state index contributed by atoms with van der Waals surface area (Å²) in [6.07, 6.45) is 0.317. The molecular weight excluding hydrogens is 249 g/mol. The molecule has 0 heterocycles. The molecule has 0 aromatic heterocycles. The number of rotatable bonds is 9. The zero-order valence-corrected chi connectivity index (χ0v) is 11.5. The fourth-order valence-electron chi connectivity index (χ4n) is 1.65. The lowest BCUT2D eigenvalue weighted by Crippen LogP contribution is -2.22. The first kappa shape index (κ1) is 15.9. The molecule has 1 atom stereocenters. The summed E-state index contributed by atoms with van der Waals surface area (Å²) in [4.78, 5) is 0.